The number of aryl methyl sites for hydroxylation is 1. The van der Waals surface area contributed by atoms with Crippen molar-refractivity contribution in [1.29, 1.82) is 0 Å². The van der Waals surface area contributed by atoms with Crippen molar-refractivity contribution in [3.05, 3.63) is 40.2 Å². The zero-order valence-electron chi connectivity index (χ0n) is 10.1. The summed E-state index contributed by atoms with van der Waals surface area (Å²) in [6.07, 6.45) is 4.90. The molecule has 19 heavy (non-hydrogen) atoms. The lowest BCUT2D eigenvalue weighted by molar-refractivity contribution is 0.641. The summed E-state index contributed by atoms with van der Waals surface area (Å²) in [5.74, 6) is -0.151. The molecular formula is C13H10FIN4. The molecule has 4 nitrogen and oxygen atoms in total. The molecule has 0 saturated carbocycles. The zero-order chi connectivity index (χ0) is 13.6. The summed E-state index contributed by atoms with van der Waals surface area (Å²) in [7, 11) is 1.82. The van der Waals surface area contributed by atoms with E-state index in [9.17, 15) is 4.39 Å². The summed E-state index contributed by atoms with van der Waals surface area (Å²) < 4.78 is 17.3. The Labute approximate surface area is 122 Å². The van der Waals surface area contributed by atoms with E-state index in [-0.39, 0.29) is 11.6 Å². The Morgan fingerprint density at radius 3 is 2.79 bits per heavy atom. The lowest BCUT2D eigenvalue weighted by atomic mass is 10.1. The Hall–Kier alpha value is -1.70. The fourth-order valence-corrected chi connectivity index (χ4v) is 2.69. The van der Waals surface area contributed by atoms with Crippen molar-refractivity contribution in [1.82, 2.24) is 14.5 Å². The Balaban J connectivity index is 2.39. The molecule has 3 rings (SSSR count). The van der Waals surface area contributed by atoms with Gasteiger partial charge in [0.2, 0.25) is 0 Å². The van der Waals surface area contributed by atoms with Gasteiger partial charge in [-0.2, -0.15) is 0 Å². The molecule has 0 aliphatic rings. The van der Waals surface area contributed by atoms with Gasteiger partial charge in [0.05, 0.1) is 23.6 Å². The first-order chi connectivity index (χ1) is 9.09. The average molecular weight is 368 g/mol. The number of benzene rings is 1. The van der Waals surface area contributed by atoms with Gasteiger partial charge in [-0.25, -0.2) is 14.4 Å². The van der Waals surface area contributed by atoms with Crippen molar-refractivity contribution in [2.75, 3.05) is 5.73 Å². The van der Waals surface area contributed by atoms with Crippen LogP contribution in [0.5, 0.6) is 0 Å². The molecule has 6 heteroatoms. The number of imidazole rings is 1. The Bertz CT molecular complexity index is 782. The van der Waals surface area contributed by atoms with Crippen LogP contribution in [0.2, 0.25) is 0 Å². The highest BCUT2D eigenvalue weighted by Crippen LogP contribution is 2.32. The predicted octanol–water partition coefficient (Wildman–Crippen LogP) is 2.96. The SMILES string of the molecule is Cn1cncc1-c1ccc2c(I)cnc(N)c2c1F. The minimum atomic E-state index is -0.357. The highest BCUT2D eigenvalue weighted by atomic mass is 127. The number of nitrogens with zero attached hydrogens (tertiary/aromatic N) is 3. The predicted molar refractivity (Wildman–Crippen MR) is 81.0 cm³/mol. The molecule has 0 saturated heterocycles. The number of aromatic nitrogens is 3. The molecule has 0 aliphatic heterocycles. The maximum atomic E-state index is 14.7. The van der Waals surface area contributed by atoms with Crippen molar-refractivity contribution in [2.45, 2.75) is 0 Å². The minimum Gasteiger partial charge on any atom is -0.383 e. The first-order valence-electron chi connectivity index (χ1n) is 5.58. The van der Waals surface area contributed by atoms with E-state index in [0.717, 1.165) is 8.96 Å². The highest BCUT2D eigenvalue weighted by molar-refractivity contribution is 14.1. The van der Waals surface area contributed by atoms with Crippen molar-refractivity contribution < 1.29 is 4.39 Å². The molecule has 0 aliphatic carbocycles. The van der Waals surface area contributed by atoms with Crippen molar-refractivity contribution >= 4 is 39.2 Å². The number of nitrogen functional groups attached to an aromatic ring is 1. The van der Waals surface area contributed by atoms with Gasteiger partial charge < -0.3 is 10.3 Å². The van der Waals surface area contributed by atoms with Gasteiger partial charge in [-0.3, -0.25) is 0 Å². The molecule has 0 amide bonds. The third-order valence-electron chi connectivity index (χ3n) is 3.07. The van der Waals surface area contributed by atoms with E-state index >= 15 is 0 Å². The maximum Gasteiger partial charge on any atom is 0.144 e. The summed E-state index contributed by atoms with van der Waals surface area (Å²) in [6.45, 7) is 0. The summed E-state index contributed by atoms with van der Waals surface area (Å²) in [6, 6.07) is 3.61. The molecule has 0 atom stereocenters. The molecule has 0 spiro atoms. The number of rotatable bonds is 1. The number of pyridine rings is 1. The van der Waals surface area contributed by atoms with Gasteiger partial charge in [0.25, 0.3) is 0 Å². The second kappa shape index (κ2) is 4.44. The van der Waals surface area contributed by atoms with Gasteiger partial charge in [-0.1, -0.05) is 6.07 Å². The summed E-state index contributed by atoms with van der Waals surface area (Å²) in [5.41, 5.74) is 6.99. The standard InChI is InChI=1S/C13H10FIN4/c1-19-6-17-5-10(19)8-3-2-7-9(15)4-18-13(16)11(7)12(8)14/h2-6H,1H3,(H2,16,18). The Morgan fingerprint density at radius 1 is 1.32 bits per heavy atom. The van der Waals surface area contributed by atoms with E-state index in [1.807, 2.05) is 13.1 Å². The number of fused-ring (bicyclic) bond motifs is 1. The summed E-state index contributed by atoms with van der Waals surface area (Å²) in [5, 5.41) is 1.14. The van der Waals surface area contributed by atoms with Gasteiger partial charge in [-0.15, -0.1) is 0 Å². The summed E-state index contributed by atoms with van der Waals surface area (Å²) in [4.78, 5) is 8.03. The topological polar surface area (TPSA) is 56.7 Å². The number of hydrogen-bond donors (Lipinski definition) is 1. The van der Waals surface area contributed by atoms with E-state index in [0.29, 0.717) is 16.6 Å². The van der Waals surface area contributed by atoms with Crippen LogP contribution < -0.4 is 5.73 Å². The van der Waals surface area contributed by atoms with Crippen LogP contribution in [0.4, 0.5) is 10.2 Å². The smallest absolute Gasteiger partial charge is 0.144 e. The van der Waals surface area contributed by atoms with E-state index < -0.39 is 0 Å². The van der Waals surface area contributed by atoms with Crippen molar-refractivity contribution in [3.63, 3.8) is 0 Å². The van der Waals surface area contributed by atoms with Gasteiger partial charge >= 0.3 is 0 Å². The van der Waals surface area contributed by atoms with E-state index in [1.54, 1.807) is 29.4 Å². The fourth-order valence-electron chi connectivity index (χ4n) is 2.10. The van der Waals surface area contributed by atoms with Crippen LogP contribution >= 0.6 is 22.6 Å². The van der Waals surface area contributed by atoms with E-state index in [2.05, 4.69) is 32.6 Å². The third-order valence-corrected chi connectivity index (χ3v) is 3.92. The zero-order valence-corrected chi connectivity index (χ0v) is 12.2. The van der Waals surface area contributed by atoms with Crippen molar-refractivity contribution in [3.8, 4) is 11.3 Å². The van der Waals surface area contributed by atoms with E-state index in [1.165, 1.54) is 0 Å². The van der Waals surface area contributed by atoms with Crippen LogP contribution in [0.15, 0.2) is 30.9 Å². The summed E-state index contributed by atoms with van der Waals surface area (Å²) >= 11 is 2.12. The first kappa shape index (κ1) is 12.3. The van der Waals surface area contributed by atoms with E-state index in [4.69, 9.17) is 5.73 Å². The second-order valence-corrected chi connectivity index (χ2v) is 5.39. The monoisotopic (exact) mass is 368 g/mol. The molecule has 2 heterocycles. The van der Waals surface area contributed by atoms with Gasteiger partial charge in [0.1, 0.15) is 11.6 Å². The van der Waals surface area contributed by atoms with Crippen molar-refractivity contribution in [2.24, 2.45) is 7.05 Å². The molecule has 0 unspecified atom stereocenters. The average Bonchev–Trinajstić information content (AvgIpc) is 2.80. The molecule has 0 radical (unpaired) electrons. The van der Waals surface area contributed by atoms with Gasteiger partial charge in [0.15, 0.2) is 0 Å². The number of anilines is 1. The molecule has 1 aromatic carbocycles. The fraction of sp³-hybridized carbons (Fsp3) is 0.0769. The first-order valence-corrected chi connectivity index (χ1v) is 6.66. The Morgan fingerprint density at radius 2 is 2.11 bits per heavy atom. The molecule has 0 bridgehead atoms. The molecule has 2 aromatic heterocycles. The molecule has 96 valence electrons. The number of nitrogens with two attached hydrogens (primary N) is 1. The van der Waals surface area contributed by atoms with Crippen LogP contribution in [0.3, 0.4) is 0 Å². The maximum absolute atomic E-state index is 14.7. The minimum absolute atomic E-state index is 0.205. The third kappa shape index (κ3) is 1.86. The number of hydrogen-bond acceptors (Lipinski definition) is 3. The van der Waals surface area contributed by atoms with Gasteiger partial charge in [-0.05, 0) is 28.7 Å². The largest absolute Gasteiger partial charge is 0.383 e. The molecule has 3 aromatic rings. The van der Waals surface area contributed by atoms with Crippen LogP contribution in [0, 0.1) is 9.39 Å². The molecule has 0 fully saturated rings. The molecule has 2 N–H and O–H groups in total. The number of halogens is 2. The lowest BCUT2D eigenvalue weighted by Crippen LogP contribution is -1.99. The van der Waals surface area contributed by atoms with Crippen LogP contribution in [-0.2, 0) is 7.05 Å². The normalized spacial score (nSPS) is 11.1. The van der Waals surface area contributed by atoms with Gasteiger partial charge in [0, 0.05) is 27.8 Å². The Kier molecular flexibility index (Phi) is 2.89. The lowest BCUT2D eigenvalue weighted by Gasteiger charge is -2.09. The van der Waals surface area contributed by atoms with Crippen LogP contribution in [0.25, 0.3) is 22.0 Å². The quantitative estimate of drug-likeness (QED) is 0.672. The second-order valence-electron chi connectivity index (χ2n) is 4.23. The molecular weight excluding hydrogens is 358 g/mol. The van der Waals surface area contributed by atoms with Crippen LogP contribution in [0.1, 0.15) is 0 Å². The van der Waals surface area contributed by atoms with Crippen LogP contribution in [-0.4, -0.2) is 14.5 Å². The highest BCUT2D eigenvalue weighted by Gasteiger charge is 2.15.